The monoisotopic (exact) mass is 354 g/mol. The van der Waals surface area contributed by atoms with Gasteiger partial charge in [0.05, 0.1) is 23.9 Å². The summed E-state index contributed by atoms with van der Waals surface area (Å²) in [5.41, 5.74) is 2.55. The van der Waals surface area contributed by atoms with Crippen LogP contribution in [0.15, 0.2) is 41.9 Å². The predicted octanol–water partition coefficient (Wildman–Crippen LogP) is 5.09. The second-order valence-corrected chi connectivity index (χ2v) is 9.40. The van der Waals surface area contributed by atoms with E-state index >= 15 is 0 Å². The standard InChI is InChI=1S/C22H31BO3/c1-20(2)21(3,4)26-23(25-20)18-10-12-22(13-11-18)14-19(15-22)24-16-17-8-6-5-7-9-17/h5-10,19H,11-16H2,1-4H3. The largest absolute Gasteiger partial charge is 0.490 e. The average Bonchev–Trinajstić information content (AvgIpc) is 2.80. The van der Waals surface area contributed by atoms with Gasteiger partial charge in [-0.2, -0.15) is 0 Å². The average molecular weight is 354 g/mol. The van der Waals surface area contributed by atoms with Crippen LogP contribution < -0.4 is 0 Å². The van der Waals surface area contributed by atoms with Crippen molar-refractivity contribution in [1.82, 2.24) is 0 Å². The first-order valence-electron chi connectivity index (χ1n) is 9.99. The summed E-state index contributed by atoms with van der Waals surface area (Å²) < 4.78 is 18.5. The topological polar surface area (TPSA) is 27.7 Å². The normalized spacial score (nSPS) is 32.4. The lowest BCUT2D eigenvalue weighted by Gasteiger charge is -2.49. The Morgan fingerprint density at radius 1 is 1.04 bits per heavy atom. The Labute approximate surface area is 158 Å². The minimum absolute atomic E-state index is 0.164. The molecule has 0 N–H and O–H groups in total. The predicted molar refractivity (Wildman–Crippen MR) is 105 cm³/mol. The number of hydrogen-bond donors (Lipinski definition) is 0. The van der Waals surface area contributed by atoms with E-state index in [1.807, 2.05) is 6.07 Å². The van der Waals surface area contributed by atoms with Gasteiger partial charge in [0.2, 0.25) is 0 Å². The number of allylic oxidation sites excluding steroid dienone is 2. The highest BCUT2D eigenvalue weighted by Gasteiger charge is 2.53. The lowest BCUT2D eigenvalue weighted by Crippen LogP contribution is -2.44. The molecular weight excluding hydrogens is 323 g/mol. The Bertz CT molecular complexity index is 658. The molecule has 26 heavy (non-hydrogen) atoms. The zero-order valence-corrected chi connectivity index (χ0v) is 16.6. The third kappa shape index (κ3) is 3.39. The van der Waals surface area contributed by atoms with E-state index in [0.717, 1.165) is 19.4 Å². The molecule has 1 saturated heterocycles. The van der Waals surface area contributed by atoms with Gasteiger partial charge in [0, 0.05) is 0 Å². The van der Waals surface area contributed by atoms with Crippen LogP contribution in [0.3, 0.4) is 0 Å². The number of hydrogen-bond acceptors (Lipinski definition) is 3. The molecule has 1 aromatic carbocycles. The van der Waals surface area contributed by atoms with Gasteiger partial charge in [-0.05, 0) is 76.2 Å². The Kier molecular flexibility index (Phi) is 4.57. The van der Waals surface area contributed by atoms with Gasteiger partial charge >= 0.3 is 7.12 Å². The first-order valence-corrected chi connectivity index (χ1v) is 9.99. The van der Waals surface area contributed by atoms with E-state index < -0.39 is 0 Å². The van der Waals surface area contributed by atoms with Crippen LogP contribution in [0.1, 0.15) is 65.4 Å². The summed E-state index contributed by atoms with van der Waals surface area (Å²) in [6, 6.07) is 10.5. The van der Waals surface area contributed by atoms with Crippen LogP contribution in [0.2, 0.25) is 0 Å². The van der Waals surface area contributed by atoms with E-state index in [1.165, 1.54) is 30.3 Å². The SMILES string of the molecule is CC1(C)OB(C2=CCC3(CC2)CC(OCc2ccccc2)C3)OC1(C)C. The van der Waals surface area contributed by atoms with Crippen LogP contribution >= 0.6 is 0 Å². The van der Waals surface area contributed by atoms with E-state index in [1.54, 1.807) is 0 Å². The van der Waals surface area contributed by atoms with Crippen LogP contribution in [0.25, 0.3) is 0 Å². The van der Waals surface area contributed by atoms with Crippen LogP contribution in [-0.4, -0.2) is 24.4 Å². The van der Waals surface area contributed by atoms with Gasteiger partial charge in [0.15, 0.2) is 0 Å². The maximum atomic E-state index is 6.22. The molecule has 3 nitrogen and oxygen atoms in total. The summed E-state index contributed by atoms with van der Waals surface area (Å²) in [6.45, 7) is 9.23. The lowest BCUT2D eigenvalue weighted by molar-refractivity contribution is -0.0923. The van der Waals surface area contributed by atoms with Crippen LogP contribution in [0, 0.1) is 5.41 Å². The molecule has 0 bridgehead atoms. The van der Waals surface area contributed by atoms with E-state index in [-0.39, 0.29) is 18.3 Å². The molecule has 1 heterocycles. The first-order chi connectivity index (χ1) is 12.3. The zero-order chi connectivity index (χ0) is 18.4. The van der Waals surface area contributed by atoms with Gasteiger partial charge in [-0.1, -0.05) is 36.4 Å². The first kappa shape index (κ1) is 18.3. The van der Waals surface area contributed by atoms with Crippen molar-refractivity contribution in [2.75, 3.05) is 0 Å². The Balaban J connectivity index is 1.28. The molecule has 4 rings (SSSR count). The molecule has 0 aromatic heterocycles. The molecule has 140 valence electrons. The molecule has 0 amide bonds. The van der Waals surface area contributed by atoms with Crippen molar-refractivity contribution >= 4 is 7.12 Å². The molecule has 2 aliphatic carbocycles. The van der Waals surface area contributed by atoms with Gasteiger partial charge < -0.3 is 14.0 Å². The highest BCUT2D eigenvalue weighted by atomic mass is 16.7. The van der Waals surface area contributed by atoms with Crippen LogP contribution in [-0.2, 0) is 20.7 Å². The maximum Gasteiger partial charge on any atom is 0.490 e. The van der Waals surface area contributed by atoms with Gasteiger partial charge in [-0.25, -0.2) is 0 Å². The second kappa shape index (κ2) is 6.51. The Morgan fingerprint density at radius 3 is 2.27 bits per heavy atom. The number of ether oxygens (including phenoxy) is 1. The molecule has 1 spiro atoms. The minimum Gasteiger partial charge on any atom is -0.400 e. The van der Waals surface area contributed by atoms with E-state index in [0.29, 0.717) is 11.5 Å². The van der Waals surface area contributed by atoms with Crippen molar-refractivity contribution in [2.45, 2.75) is 83.7 Å². The molecule has 1 aromatic rings. The molecule has 0 radical (unpaired) electrons. The summed E-state index contributed by atoms with van der Waals surface area (Å²) in [5, 5.41) is 0. The maximum absolute atomic E-state index is 6.22. The number of benzene rings is 1. The summed E-state index contributed by atoms with van der Waals surface area (Å²) in [7, 11) is -0.164. The quantitative estimate of drug-likeness (QED) is 0.705. The molecule has 2 fully saturated rings. The van der Waals surface area contributed by atoms with Gasteiger partial charge in [-0.3, -0.25) is 0 Å². The molecule has 0 unspecified atom stereocenters. The molecule has 1 aliphatic heterocycles. The summed E-state index contributed by atoms with van der Waals surface area (Å²) >= 11 is 0. The lowest BCUT2D eigenvalue weighted by atomic mass is 9.57. The molecule has 3 aliphatic rings. The molecule has 1 saturated carbocycles. The smallest absolute Gasteiger partial charge is 0.400 e. The van der Waals surface area contributed by atoms with Crippen molar-refractivity contribution in [2.24, 2.45) is 5.41 Å². The van der Waals surface area contributed by atoms with Gasteiger partial charge in [0.25, 0.3) is 0 Å². The van der Waals surface area contributed by atoms with E-state index in [4.69, 9.17) is 14.0 Å². The second-order valence-electron chi connectivity index (χ2n) is 9.40. The van der Waals surface area contributed by atoms with Gasteiger partial charge in [-0.15, -0.1) is 0 Å². The van der Waals surface area contributed by atoms with Crippen molar-refractivity contribution in [3.8, 4) is 0 Å². The van der Waals surface area contributed by atoms with Crippen molar-refractivity contribution in [3.63, 3.8) is 0 Å². The third-order valence-corrected chi connectivity index (χ3v) is 6.95. The molecule has 0 atom stereocenters. The summed E-state index contributed by atoms with van der Waals surface area (Å²) in [5.74, 6) is 0. The summed E-state index contributed by atoms with van der Waals surface area (Å²) in [4.78, 5) is 0. The van der Waals surface area contributed by atoms with Crippen molar-refractivity contribution in [3.05, 3.63) is 47.4 Å². The fourth-order valence-electron chi connectivity index (χ4n) is 4.35. The highest BCUT2D eigenvalue weighted by Crippen LogP contribution is 2.53. The zero-order valence-electron chi connectivity index (χ0n) is 16.6. The van der Waals surface area contributed by atoms with E-state index in [2.05, 4.69) is 58.0 Å². The van der Waals surface area contributed by atoms with Crippen LogP contribution in [0.5, 0.6) is 0 Å². The third-order valence-electron chi connectivity index (χ3n) is 6.95. The summed E-state index contributed by atoms with van der Waals surface area (Å²) in [6.07, 6.45) is 8.63. The fraction of sp³-hybridized carbons (Fsp3) is 0.636. The number of rotatable bonds is 4. The highest BCUT2D eigenvalue weighted by molar-refractivity contribution is 6.54. The van der Waals surface area contributed by atoms with Crippen molar-refractivity contribution < 1.29 is 14.0 Å². The Hall–Kier alpha value is -1.10. The Morgan fingerprint density at radius 2 is 1.69 bits per heavy atom. The van der Waals surface area contributed by atoms with Gasteiger partial charge in [0.1, 0.15) is 0 Å². The molecule has 4 heteroatoms. The van der Waals surface area contributed by atoms with E-state index in [9.17, 15) is 0 Å². The minimum atomic E-state index is -0.250. The molecular formula is C22H31BO3. The van der Waals surface area contributed by atoms with Crippen molar-refractivity contribution in [1.29, 1.82) is 0 Å². The fourth-order valence-corrected chi connectivity index (χ4v) is 4.35. The van der Waals surface area contributed by atoms with Crippen LogP contribution in [0.4, 0.5) is 0 Å².